The molecular formula is C15H12N2O3S2. The summed E-state index contributed by atoms with van der Waals surface area (Å²) in [6.45, 7) is 1.48. The average Bonchev–Trinajstić information content (AvgIpc) is 3.16. The molecule has 0 fully saturated rings. The van der Waals surface area contributed by atoms with Crippen molar-refractivity contribution in [1.29, 1.82) is 5.26 Å². The summed E-state index contributed by atoms with van der Waals surface area (Å²) in [6, 6.07) is 5.45. The number of nitrogens with zero attached hydrogens (tertiary/aromatic N) is 1. The molecule has 1 amide bonds. The second-order valence-corrected chi connectivity index (χ2v) is 5.93. The van der Waals surface area contributed by atoms with E-state index in [1.54, 1.807) is 17.5 Å². The number of carbonyl (C=O) groups is 2. The molecule has 0 aliphatic heterocycles. The van der Waals surface area contributed by atoms with Crippen LogP contribution in [0.5, 0.6) is 0 Å². The number of amides is 1. The lowest BCUT2D eigenvalue weighted by molar-refractivity contribution is -0.148. The van der Waals surface area contributed by atoms with Gasteiger partial charge in [-0.3, -0.25) is 4.79 Å². The number of rotatable bonds is 5. The zero-order valence-corrected chi connectivity index (χ0v) is 13.2. The number of hydrogen-bond donors (Lipinski definition) is 1. The Balaban J connectivity index is 1.88. The highest BCUT2D eigenvalue weighted by atomic mass is 32.1. The van der Waals surface area contributed by atoms with Crippen molar-refractivity contribution in [2.75, 3.05) is 5.32 Å². The van der Waals surface area contributed by atoms with Crippen LogP contribution in [-0.2, 0) is 14.3 Å². The third-order valence-corrected chi connectivity index (χ3v) is 4.17. The third kappa shape index (κ3) is 4.28. The van der Waals surface area contributed by atoms with Gasteiger partial charge in [-0.05, 0) is 46.8 Å². The minimum atomic E-state index is -0.951. The molecule has 0 saturated heterocycles. The summed E-state index contributed by atoms with van der Waals surface area (Å²) in [6.07, 6.45) is 1.95. The SMILES string of the molecule is C[C@H](OC(=O)/C=C/c1ccsc1)C(=O)Nc1sccc1C#N. The second kappa shape index (κ2) is 7.54. The first-order chi connectivity index (χ1) is 10.6. The third-order valence-electron chi connectivity index (χ3n) is 2.64. The van der Waals surface area contributed by atoms with Gasteiger partial charge in [-0.2, -0.15) is 16.6 Å². The van der Waals surface area contributed by atoms with Crippen LogP contribution in [0.25, 0.3) is 6.08 Å². The van der Waals surface area contributed by atoms with Crippen LogP contribution in [0.2, 0.25) is 0 Å². The lowest BCUT2D eigenvalue weighted by Gasteiger charge is -2.11. The Morgan fingerprint density at radius 3 is 2.91 bits per heavy atom. The van der Waals surface area contributed by atoms with Crippen molar-refractivity contribution in [2.24, 2.45) is 0 Å². The summed E-state index contributed by atoms with van der Waals surface area (Å²) in [4.78, 5) is 23.6. The first kappa shape index (κ1) is 15.9. The van der Waals surface area contributed by atoms with Gasteiger partial charge in [-0.1, -0.05) is 0 Å². The molecule has 5 nitrogen and oxygen atoms in total. The van der Waals surface area contributed by atoms with Gasteiger partial charge in [0.15, 0.2) is 6.10 Å². The van der Waals surface area contributed by atoms with Crippen molar-refractivity contribution < 1.29 is 14.3 Å². The minimum absolute atomic E-state index is 0.384. The van der Waals surface area contributed by atoms with E-state index in [4.69, 9.17) is 10.00 Å². The molecule has 112 valence electrons. The number of thiophene rings is 2. The molecule has 1 atom stereocenters. The van der Waals surface area contributed by atoms with Gasteiger partial charge < -0.3 is 10.1 Å². The zero-order valence-electron chi connectivity index (χ0n) is 11.6. The lowest BCUT2D eigenvalue weighted by atomic mass is 10.3. The van der Waals surface area contributed by atoms with Crippen molar-refractivity contribution >= 4 is 45.6 Å². The van der Waals surface area contributed by atoms with Crippen molar-refractivity contribution in [3.63, 3.8) is 0 Å². The fourth-order valence-corrected chi connectivity index (χ4v) is 2.88. The van der Waals surface area contributed by atoms with E-state index in [1.807, 2.05) is 22.9 Å². The highest BCUT2D eigenvalue weighted by Gasteiger charge is 2.18. The van der Waals surface area contributed by atoms with E-state index in [1.165, 1.54) is 35.7 Å². The molecule has 2 rings (SSSR count). The first-order valence-electron chi connectivity index (χ1n) is 6.29. The minimum Gasteiger partial charge on any atom is -0.449 e. The average molecular weight is 332 g/mol. The highest BCUT2D eigenvalue weighted by Crippen LogP contribution is 2.22. The van der Waals surface area contributed by atoms with Crippen molar-refractivity contribution in [3.05, 3.63) is 45.5 Å². The molecule has 0 radical (unpaired) electrons. The number of nitrogens with one attached hydrogen (secondary N) is 1. The Labute approximate surface area is 135 Å². The van der Waals surface area contributed by atoms with Crippen LogP contribution >= 0.6 is 22.7 Å². The van der Waals surface area contributed by atoms with E-state index in [2.05, 4.69) is 5.32 Å². The van der Waals surface area contributed by atoms with E-state index in [0.717, 1.165) is 5.56 Å². The smallest absolute Gasteiger partial charge is 0.331 e. The normalized spacial score (nSPS) is 11.8. The Morgan fingerprint density at radius 1 is 1.41 bits per heavy atom. The maximum absolute atomic E-state index is 11.9. The van der Waals surface area contributed by atoms with E-state index in [0.29, 0.717) is 10.6 Å². The van der Waals surface area contributed by atoms with Gasteiger partial charge in [-0.15, -0.1) is 11.3 Å². The molecule has 1 N–H and O–H groups in total. The maximum atomic E-state index is 11.9. The number of ether oxygens (including phenoxy) is 1. The van der Waals surface area contributed by atoms with Crippen molar-refractivity contribution in [1.82, 2.24) is 0 Å². The molecule has 0 aliphatic carbocycles. The Kier molecular flexibility index (Phi) is 5.47. The molecule has 0 spiro atoms. The van der Waals surface area contributed by atoms with E-state index in [9.17, 15) is 9.59 Å². The molecule has 0 aromatic carbocycles. The number of esters is 1. The van der Waals surface area contributed by atoms with Crippen LogP contribution in [0.3, 0.4) is 0 Å². The molecule has 2 aromatic rings. The van der Waals surface area contributed by atoms with Crippen LogP contribution in [0, 0.1) is 11.3 Å². The first-order valence-corrected chi connectivity index (χ1v) is 8.11. The van der Waals surface area contributed by atoms with Crippen molar-refractivity contribution in [2.45, 2.75) is 13.0 Å². The quantitative estimate of drug-likeness (QED) is 0.673. The molecule has 7 heteroatoms. The highest BCUT2D eigenvalue weighted by molar-refractivity contribution is 7.14. The molecule has 0 aliphatic rings. The standard InChI is InChI=1S/C15H12N2O3S2/c1-10(14(19)17-15-12(8-16)5-7-22-15)20-13(18)3-2-11-4-6-21-9-11/h2-7,9-10H,1H3,(H,17,19)/b3-2+/t10-/m0/s1. The van der Waals surface area contributed by atoms with Gasteiger partial charge in [0.05, 0.1) is 5.56 Å². The van der Waals surface area contributed by atoms with E-state index < -0.39 is 18.0 Å². The van der Waals surface area contributed by atoms with Crippen LogP contribution < -0.4 is 5.32 Å². The van der Waals surface area contributed by atoms with Crippen LogP contribution in [0.4, 0.5) is 5.00 Å². The molecule has 2 aromatic heterocycles. The fraction of sp³-hybridized carbons (Fsp3) is 0.133. The van der Waals surface area contributed by atoms with Gasteiger partial charge in [0, 0.05) is 6.08 Å². The largest absolute Gasteiger partial charge is 0.449 e. The summed E-state index contributed by atoms with van der Waals surface area (Å²) in [5.74, 6) is -1.07. The summed E-state index contributed by atoms with van der Waals surface area (Å²) in [5.41, 5.74) is 1.28. The predicted octanol–water partition coefficient (Wildman–Crippen LogP) is 3.26. The Hall–Kier alpha value is -2.43. The molecule has 0 bridgehead atoms. The summed E-state index contributed by atoms with van der Waals surface area (Å²) >= 11 is 2.76. The van der Waals surface area contributed by atoms with E-state index in [-0.39, 0.29) is 0 Å². The Morgan fingerprint density at radius 2 is 2.23 bits per heavy atom. The number of nitriles is 1. The fourth-order valence-electron chi connectivity index (χ4n) is 1.51. The summed E-state index contributed by atoms with van der Waals surface area (Å²) in [5, 5.41) is 17.4. The van der Waals surface area contributed by atoms with Crippen LogP contribution in [0.1, 0.15) is 18.1 Å². The lowest BCUT2D eigenvalue weighted by Crippen LogP contribution is -2.29. The summed E-state index contributed by atoms with van der Waals surface area (Å²) < 4.78 is 5.02. The molecule has 22 heavy (non-hydrogen) atoms. The number of anilines is 1. The summed E-state index contributed by atoms with van der Waals surface area (Å²) in [7, 11) is 0. The van der Waals surface area contributed by atoms with Crippen LogP contribution in [0.15, 0.2) is 34.3 Å². The molecule has 0 unspecified atom stereocenters. The zero-order chi connectivity index (χ0) is 15.9. The van der Waals surface area contributed by atoms with Gasteiger partial charge in [0.25, 0.3) is 5.91 Å². The van der Waals surface area contributed by atoms with Gasteiger partial charge in [0.2, 0.25) is 0 Å². The molecule has 0 saturated carbocycles. The number of hydrogen-bond acceptors (Lipinski definition) is 6. The Bertz CT molecular complexity index is 726. The second-order valence-electron chi connectivity index (χ2n) is 4.23. The number of carbonyl (C=O) groups excluding carboxylic acids is 2. The monoisotopic (exact) mass is 332 g/mol. The van der Waals surface area contributed by atoms with E-state index >= 15 is 0 Å². The van der Waals surface area contributed by atoms with Crippen LogP contribution in [-0.4, -0.2) is 18.0 Å². The molecule has 2 heterocycles. The topological polar surface area (TPSA) is 79.2 Å². The van der Waals surface area contributed by atoms with Gasteiger partial charge in [-0.25, -0.2) is 4.79 Å². The van der Waals surface area contributed by atoms with Gasteiger partial charge >= 0.3 is 5.97 Å². The maximum Gasteiger partial charge on any atom is 0.331 e. The van der Waals surface area contributed by atoms with Gasteiger partial charge in [0.1, 0.15) is 11.1 Å². The predicted molar refractivity (Wildman–Crippen MR) is 86.6 cm³/mol. The van der Waals surface area contributed by atoms with Crippen molar-refractivity contribution in [3.8, 4) is 6.07 Å². The molecular weight excluding hydrogens is 320 g/mol.